The second-order valence-electron chi connectivity index (χ2n) is 4.10. The topological polar surface area (TPSA) is 55.1 Å². The van der Waals surface area contributed by atoms with Gasteiger partial charge in [-0.1, -0.05) is 12.1 Å². The van der Waals surface area contributed by atoms with Crippen molar-refractivity contribution in [3.05, 3.63) is 53.4 Å². The molecule has 0 bridgehead atoms. The zero-order chi connectivity index (χ0) is 13.1. The van der Waals surface area contributed by atoms with Crippen molar-refractivity contribution in [1.29, 1.82) is 0 Å². The number of hydrogen-bond donors (Lipinski definition) is 1. The van der Waals surface area contributed by atoms with Crippen LogP contribution in [-0.4, -0.2) is 20.9 Å². The molecule has 92 valence electrons. The van der Waals surface area contributed by atoms with Crippen molar-refractivity contribution in [1.82, 2.24) is 9.78 Å². The Labute approximate surface area is 105 Å². The van der Waals surface area contributed by atoms with Crippen LogP contribution in [0.4, 0.5) is 0 Å². The fraction of sp³-hybridized carbons (Fsp3) is 0.143. The van der Waals surface area contributed by atoms with Crippen LogP contribution in [0.1, 0.15) is 17.0 Å². The number of nitrogens with zero attached hydrogens (tertiary/aromatic N) is 2. The standard InChI is InChI=1S/C14H14N2O2/c1-10-9-11(2)16(15-10)13-6-3-12(4-7-13)5-8-14(17)18/h3-9H,1-2H3,(H,17,18)/b8-5+. The lowest BCUT2D eigenvalue weighted by molar-refractivity contribution is -0.131. The van der Waals surface area contributed by atoms with Gasteiger partial charge in [0.05, 0.1) is 11.4 Å². The first kappa shape index (κ1) is 12.1. The van der Waals surface area contributed by atoms with E-state index in [4.69, 9.17) is 5.11 Å². The van der Waals surface area contributed by atoms with Gasteiger partial charge in [-0.25, -0.2) is 9.48 Å². The molecule has 0 radical (unpaired) electrons. The molecule has 1 heterocycles. The van der Waals surface area contributed by atoms with Gasteiger partial charge < -0.3 is 5.11 Å². The average Bonchev–Trinajstić information content (AvgIpc) is 2.66. The zero-order valence-corrected chi connectivity index (χ0v) is 10.3. The number of aliphatic carboxylic acids is 1. The number of carboxylic acids is 1. The summed E-state index contributed by atoms with van der Waals surface area (Å²) >= 11 is 0. The Morgan fingerprint density at radius 1 is 1.28 bits per heavy atom. The molecule has 0 fully saturated rings. The molecule has 0 aliphatic carbocycles. The van der Waals surface area contributed by atoms with Crippen LogP contribution in [0.3, 0.4) is 0 Å². The Hall–Kier alpha value is -2.36. The summed E-state index contributed by atoms with van der Waals surface area (Å²) in [5, 5.41) is 12.9. The highest BCUT2D eigenvalue weighted by Gasteiger charge is 2.02. The first-order valence-electron chi connectivity index (χ1n) is 5.61. The van der Waals surface area contributed by atoms with E-state index in [0.717, 1.165) is 28.7 Å². The maximum Gasteiger partial charge on any atom is 0.328 e. The molecule has 0 aliphatic heterocycles. The monoisotopic (exact) mass is 242 g/mol. The molecular weight excluding hydrogens is 228 g/mol. The van der Waals surface area contributed by atoms with Crippen molar-refractivity contribution in [2.75, 3.05) is 0 Å². The Balaban J connectivity index is 2.27. The highest BCUT2D eigenvalue weighted by Crippen LogP contribution is 2.13. The molecule has 0 unspecified atom stereocenters. The third-order valence-corrected chi connectivity index (χ3v) is 2.57. The van der Waals surface area contributed by atoms with Gasteiger partial charge in [0.1, 0.15) is 0 Å². The minimum absolute atomic E-state index is 0.850. The predicted molar refractivity (Wildman–Crippen MR) is 69.7 cm³/mol. The molecule has 1 aromatic carbocycles. The molecule has 0 aliphatic rings. The minimum atomic E-state index is -0.947. The number of carbonyl (C=O) groups is 1. The van der Waals surface area contributed by atoms with Crippen LogP contribution in [0.15, 0.2) is 36.4 Å². The molecule has 0 atom stereocenters. The summed E-state index contributed by atoms with van der Waals surface area (Å²) in [5.41, 5.74) is 3.86. The maximum atomic E-state index is 10.4. The largest absolute Gasteiger partial charge is 0.478 e. The van der Waals surface area contributed by atoms with Gasteiger partial charge in [0.15, 0.2) is 0 Å². The molecule has 0 amide bonds. The van der Waals surface area contributed by atoms with Crippen LogP contribution in [0.2, 0.25) is 0 Å². The van der Waals surface area contributed by atoms with Crippen molar-refractivity contribution in [3.63, 3.8) is 0 Å². The quantitative estimate of drug-likeness (QED) is 0.842. The van der Waals surface area contributed by atoms with Crippen molar-refractivity contribution in [3.8, 4) is 5.69 Å². The average molecular weight is 242 g/mol. The minimum Gasteiger partial charge on any atom is -0.478 e. The molecule has 0 saturated carbocycles. The summed E-state index contributed by atoms with van der Waals surface area (Å²) in [5.74, 6) is -0.947. The Morgan fingerprint density at radius 3 is 2.44 bits per heavy atom. The lowest BCUT2D eigenvalue weighted by atomic mass is 10.2. The number of hydrogen-bond acceptors (Lipinski definition) is 2. The Bertz CT molecular complexity index is 595. The van der Waals surface area contributed by atoms with Gasteiger partial charge >= 0.3 is 5.97 Å². The fourth-order valence-electron chi connectivity index (χ4n) is 1.78. The van der Waals surface area contributed by atoms with Gasteiger partial charge in [-0.3, -0.25) is 0 Å². The van der Waals surface area contributed by atoms with Crippen LogP contribution in [0.5, 0.6) is 0 Å². The lowest BCUT2D eigenvalue weighted by Crippen LogP contribution is -1.98. The van der Waals surface area contributed by atoms with Gasteiger partial charge in [-0.2, -0.15) is 5.10 Å². The number of aryl methyl sites for hydroxylation is 2. The van der Waals surface area contributed by atoms with Crippen LogP contribution >= 0.6 is 0 Å². The van der Waals surface area contributed by atoms with Gasteiger partial charge in [-0.15, -0.1) is 0 Å². The van der Waals surface area contributed by atoms with E-state index in [1.165, 1.54) is 0 Å². The molecular formula is C14H14N2O2. The van der Waals surface area contributed by atoms with Gasteiger partial charge in [0.25, 0.3) is 0 Å². The van der Waals surface area contributed by atoms with Crippen LogP contribution < -0.4 is 0 Å². The van der Waals surface area contributed by atoms with Crippen molar-refractivity contribution in [2.45, 2.75) is 13.8 Å². The smallest absolute Gasteiger partial charge is 0.328 e. The third kappa shape index (κ3) is 2.66. The second-order valence-corrected chi connectivity index (χ2v) is 4.10. The SMILES string of the molecule is Cc1cc(C)n(-c2ccc(/C=C/C(=O)O)cc2)n1. The van der Waals surface area contributed by atoms with Crippen LogP contribution in [0.25, 0.3) is 11.8 Å². The molecule has 0 saturated heterocycles. The van der Waals surface area contributed by atoms with Gasteiger partial charge in [0, 0.05) is 11.8 Å². The number of rotatable bonds is 3. The van der Waals surface area contributed by atoms with Crippen LogP contribution in [0, 0.1) is 13.8 Å². The molecule has 1 N–H and O–H groups in total. The summed E-state index contributed by atoms with van der Waals surface area (Å²) in [6.45, 7) is 3.95. The van der Waals surface area contributed by atoms with Crippen molar-refractivity contribution in [2.24, 2.45) is 0 Å². The lowest BCUT2D eigenvalue weighted by Gasteiger charge is -2.04. The summed E-state index contributed by atoms with van der Waals surface area (Å²) in [7, 11) is 0. The summed E-state index contributed by atoms with van der Waals surface area (Å²) in [6, 6.07) is 9.58. The maximum absolute atomic E-state index is 10.4. The Kier molecular flexibility index (Phi) is 3.28. The van der Waals surface area contributed by atoms with Gasteiger partial charge in [0.2, 0.25) is 0 Å². The van der Waals surface area contributed by atoms with Crippen molar-refractivity contribution < 1.29 is 9.90 Å². The number of aromatic nitrogens is 2. The van der Waals surface area contributed by atoms with Crippen LogP contribution in [-0.2, 0) is 4.79 Å². The molecule has 1 aromatic heterocycles. The van der Waals surface area contributed by atoms with E-state index in [0.29, 0.717) is 0 Å². The van der Waals surface area contributed by atoms with E-state index < -0.39 is 5.97 Å². The van der Waals surface area contributed by atoms with Gasteiger partial charge in [-0.05, 0) is 43.7 Å². The van der Waals surface area contributed by atoms with Crippen molar-refractivity contribution >= 4 is 12.0 Å². The number of benzene rings is 1. The van der Waals surface area contributed by atoms with E-state index in [1.54, 1.807) is 6.08 Å². The first-order valence-corrected chi connectivity index (χ1v) is 5.61. The summed E-state index contributed by atoms with van der Waals surface area (Å²) < 4.78 is 1.86. The van der Waals surface area contributed by atoms with E-state index in [-0.39, 0.29) is 0 Å². The van der Waals surface area contributed by atoms with E-state index in [1.807, 2.05) is 48.9 Å². The predicted octanol–water partition coefficient (Wildman–Crippen LogP) is 2.59. The normalized spacial score (nSPS) is 11.0. The molecule has 0 spiro atoms. The third-order valence-electron chi connectivity index (χ3n) is 2.57. The summed E-state index contributed by atoms with van der Waals surface area (Å²) in [4.78, 5) is 10.4. The molecule has 2 aromatic rings. The molecule has 4 nitrogen and oxygen atoms in total. The summed E-state index contributed by atoms with van der Waals surface area (Å²) in [6.07, 6.45) is 2.69. The van der Waals surface area contributed by atoms with E-state index >= 15 is 0 Å². The molecule has 18 heavy (non-hydrogen) atoms. The fourth-order valence-corrected chi connectivity index (χ4v) is 1.78. The first-order chi connectivity index (χ1) is 8.56. The van der Waals surface area contributed by atoms with E-state index in [9.17, 15) is 4.79 Å². The zero-order valence-electron chi connectivity index (χ0n) is 10.3. The second kappa shape index (κ2) is 4.87. The molecule has 4 heteroatoms. The Morgan fingerprint density at radius 2 is 1.94 bits per heavy atom. The number of carboxylic acid groups (broad SMARTS) is 1. The van der Waals surface area contributed by atoms with E-state index in [2.05, 4.69) is 5.10 Å². The molecule has 2 rings (SSSR count). The highest BCUT2D eigenvalue weighted by molar-refractivity contribution is 5.85. The highest BCUT2D eigenvalue weighted by atomic mass is 16.4.